The van der Waals surface area contributed by atoms with E-state index >= 15 is 0 Å². The molecule has 1 aliphatic rings. The second-order valence-electron chi connectivity index (χ2n) is 3.05. The van der Waals surface area contributed by atoms with Crippen LogP contribution < -0.4 is 5.73 Å². The molecule has 0 spiro atoms. The monoisotopic (exact) mass is 168 g/mol. The summed E-state index contributed by atoms with van der Waals surface area (Å²) >= 11 is 0. The molecule has 64 valence electrons. The summed E-state index contributed by atoms with van der Waals surface area (Å²) in [5.74, 6) is -0.0956. The Bertz CT molecular complexity index is 328. The quantitative estimate of drug-likeness (QED) is 0.489. The summed E-state index contributed by atoms with van der Waals surface area (Å²) in [5, 5.41) is 16.4. The number of hydrogen-bond donors (Lipinski definition) is 2. The molecule has 2 rings (SSSR count). The lowest BCUT2D eigenvalue weighted by molar-refractivity contribution is -0.389. The number of H-pyrrole nitrogens is 1. The van der Waals surface area contributed by atoms with E-state index in [1.54, 1.807) is 0 Å². The Morgan fingerprint density at radius 1 is 1.75 bits per heavy atom. The molecular formula is C6H8N4O2. The fourth-order valence-electron chi connectivity index (χ4n) is 1.05. The summed E-state index contributed by atoms with van der Waals surface area (Å²) in [5.41, 5.74) is 5.97. The minimum Gasteiger partial charge on any atom is -0.358 e. The van der Waals surface area contributed by atoms with E-state index in [1.165, 1.54) is 6.07 Å². The Hall–Kier alpha value is -1.43. The van der Waals surface area contributed by atoms with E-state index in [0.29, 0.717) is 5.69 Å². The van der Waals surface area contributed by atoms with E-state index in [0.717, 1.165) is 12.8 Å². The van der Waals surface area contributed by atoms with Gasteiger partial charge in [0.15, 0.2) is 0 Å². The zero-order valence-corrected chi connectivity index (χ0v) is 6.28. The lowest BCUT2D eigenvalue weighted by atomic mass is 10.2. The first-order valence-corrected chi connectivity index (χ1v) is 3.61. The lowest BCUT2D eigenvalue weighted by Gasteiger charge is -1.98. The minimum absolute atomic E-state index is 0.0956. The highest BCUT2D eigenvalue weighted by Crippen LogP contribution is 2.42. The van der Waals surface area contributed by atoms with E-state index in [2.05, 4.69) is 10.2 Å². The van der Waals surface area contributed by atoms with E-state index in [4.69, 9.17) is 5.73 Å². The van der Waals surface area contributed by atoms with Gasteiger partial charge in [0.05, 0.1) is 11.6 Å². The molecule has 1 fully saturated rings. The first-order chi connectivity index (χ1) is 5.62. The third kappa shape index (κ3) is 0.964. The number of nitrogens with two attached hydrogens (primary N) is 1. The van der Waals surface area contributed by atoms with Crippen LogP contribution in [0.15, 0.2) is 6.07 Å². The molecule has 0 aromatic carbocycles. The Kier molecular flexibility index (Phi) is 1.23. The summed E-state index contributed by atoms with van der Waals surface area (Å²) in [6.07, 6.45) is 1.71. The first-order valence-electron chi connectivity index (χ1n) is 3.61. The second-order valence-corrected chi connectivity index (χ2v) is 3.05. The molecule has 0 radical (unpaired) electrons. The van der Waals surface area contributed by atoms with Crippen molar-refractivity contribution in [3.8, 4) is 0 Å². The third-order valence-electron chi connectivity index (χ3n) is 2.06. The summed E-state index contributed by atoms with van der Waals surface area (Å²) in [7, 11) is 0. The smallest absolute Gasteiger partial charge is 0.342 e. The molecule has 1 aromatic rings. The fraction of sp³-hybridized carbons (Fsp3) is 0.500. The van der Waals surface area contributed by atoms with Crippen LogP contribution in [0, 0.1) is 10.1 Å². The van der Waals surface area contributed by atoms with Gasteiger partial charge in [0, 0.05) is 0 Å². The highest BCUT2D eigenvalue weighted by Gasteiger charge is 2.43. The van der Waals surface area contributed by atoms with Crippen molar-refractivity contribution in [2.24, 2.45) is 5.73 Å². The van der Waals surface area contributed by atoms with Crippen molar-refractivity contribution >= 4 is 5.82 Å². The molecule has 0 bridgehead atoms. The second kappa shape index (κ2) is 2.04. The van der Waals surface area contributed by atoms with Gasteiger partial charge in [0.2, 0.25) is 0 Å². The number of nitrogens with zero attached hydrogens (tertiary/aromatic N) is 2. The van der Waals surface area contributed by atoms with Crippen LogP contribution in [0.2, 0.25) is 0 Å². The maximum absolute atomic E-state index is 10.3. The highest BCUT2D eigenvalue weighted by molar-refractivity contribution is 5.29. The Labute approximate surface area is 67.9 Å². The van der Waals surface area contributed by atoms with Gasteiger partial charge < -0.3 is 15.8 Å². The predicted octanol–water partition coefficient (Wildman–Crippen LogP) is 0.266. The van der Waals surface area contributed by atoms with Crippen molar-refractivity contribution < 1.29 is 4.92 Å². The summed E-state index contributed by atoms with van der Waals surface area (Å²) in [6.45, 7) is 0. The number of aromatic amines is 1. The standard InChI is InChI=1S/C6H8N4O2/c7-6(1-2-6)4-3-5(9-8-4)10(11)12/h3H,1-2,7H2,(H,8,9). The van der Waals surface area contributed by atoms with Crippen LogP contribution >= 0.6 is 0 Å². The predicted molar refractivity (Wildman–Crippen MR) is 40.3 cm³/mol. The van der Waals surface area contributed by atoms with Gasteiger partial charge in [-0.05, 0) is 17.8 Å². The number of hydrogen-bond acceptors (Lipinski definition) is 4. The van der Waals surface area contributed by atoms with Crippen LogP contribution in [0.1, 0.15) is 18.5 Å². The molecule has 0 saturated heterocycles. The summed E-state index contributed by atoms with van der Waals surface area (Å²) < 4.78 is 0. The zero-order chi connectivity index (χ0) is 8.77. The SMILES string of the molecule is NC1(c2cc([N+](=O)[O-])[nH]n2)CC1. The maximum atomic E-state index is 10.3. The third-order valence-corrected chi connectivity index (χ3v) is 2.06. The molecule has 1 heterocycles. The number of nitrogens with one attached hydrogen (secondary N) is 1. The number of aromatic nitrogens is 2. The normalized spacial score (nSPS) is 19.1. The Morgan fingerprint density at radius 2 is 2.42 bits per heavy atom. The van der Waals surface area contributed by atoms with Crippen molar-refractivity contribution in [3.63, 3.8) is 0 Å². The minimum atomic E-state index is -0.512. The van der Waals surface area contributed by atoms with Crippen LogP contribution in [0.3, 0.4) is 0 Å². The van der Waals surface area contributed by atoms with Gasteiger partial charge >= 0.3 is 5.82 Å². The van der Waals surface area contributed by atoms with Gasteiger partial charge in [-0.1, -0.05) is 5.10 Å². The van der Waals surface area contributed by atoms with Gasteiger partial charge in [-0.2, -0.15) is 0 Å². The average molecular weight is 168 g/mol. The molecular weight excluding hydrogens is 160 g/mol. The van der Waals surface area contributed by atoms with E-state index < -0.39 is 10.5 Å². The molecule has 6 nitrogen and oxygen atoms in total. The number of rotatable bonds is 2. The molecule has 6 heteroatoms. The van der Waals surface area contributed by atoms with Crippen LogP contribution in [-0.2, 0) is 5.54 Å². The summed E-state index contributed by atoms with van der Waals surface area (Å²) in [4.78, 5) is 9.74. The van der Waals surface area contributed by atoms with Gasteiger partial charge in [0.1, 0.15) is 5.69 Å². The molecule has 12 heavy (non-hydrogen) atoms. The molecule has 3 N–H and O–H groups in total. The van der Waals surface area contributed by atoms with Crippen molar-refractivity contribution in [1.29, 1.82) is 0 Å². The molecule has 1 aliphatic carbocycles. The van der Waals surface area contributed by atoms with Crippen molar-refractivity contribution in [2.45, 2.75) is 18.4 Å². The number of nitro groups is 1. The van der Waals surface area contributed by atoms with Gasteiger partial charge in [0.25, 0.3) is 0 Å². The van der Waals surface area contributed by atoms with Crippen LogP contribution in [0.5, 0.6) is 0 Å². The average Bonchev–Trinajstić information content (AvgIpc) is 2.61. The maximum Gasteiger partial charge on any atom is 0.342 e. The first kappa shape index (κ1) is 7.23. The molecule has 1 saturated carbocycles. The molecule has 1 aromatic heterocycles. The van der Waals surface area contributed by atoms with E-state index in [9.17, 15) is 10.1 Å². The van der Waals surface area contributed by atoms with Crippen molar-refractivity contribution in [2.75, 3.05) is 0 Å². The van der Waals surface area contributed by atoms with Crippen LogP contribution in [0.25, 0.3) is 0 Å². The zero-order valence-electron chi connectivity index (χ0n) is 6.28. The van der Waals surface area contributed by atoms with Gasteiger partial charge in [-0.3, -0.25) is 0 Å². The van der Waals surface area contributed by atoms with E-state index in [1.807, 2.05) is 0 Å². The topological polar surface area (TPSA) is 97.8 Å². The molecule has 0 atom stereocenters. The van der Waals surface area contributed by atoms with Crippen molar-refractivity contribution in [3.05, 3.63) is 21.9 Å². The molecule has 0 aliphatic heterocycles. The van der Waals surface area contributed by atoms with Crippen LogP contribution in [0.4, 0.5) is 5.82 Å². The Morgan fingerprint density at radius 3 is 2.83 bits per heavy atom. The highest BCUT2D eigenvalue weighted by atomic mass is 16.6. The van der Waals surface area contributed by atoms with Gasteiger partial charge in [-0.15, -0.1) is 5.10 Å². The largest absolute Gasteiger partial charge is 0.358 e. The van der Waals surface area contributed by atoms with Crippen molar-refractivity contribution in [1.82, 2.24) is 10.2 Å². The lowest BCUT2D eigenvalue weighted by Crippen LogP contribution is -2.18. The Balaban J connectivity index is 2.30. The molecule has 0 unspecified atom stereocenters. The summed E-state index contributed by atoms with van der Waals surface area (Å²) in [6, 6.07) is 1.40. The fourth-order valence-corrected chi connectivity index (χ4v) is 1.05. The van der Waals surface area contributed by atoms with Crippen LogP contribution in [-0.4, -0.2) is 15.1 Å². The van der Waals surface area contributed by atoms with E-state index in [-0.39, 0.29) is 5.82 Å². The van der Waals surface area contributed by atoms with Gasteiger partial charge in [-0.25, -0.2) is 0 Å². The molecule has 0 amide bonds.